The third-order valence-electron chi connectivity index (χ3n) is 1.61. The van der Waals surface area contributed by atoms with E-state index in [0.717, 1.165) is 12.1 Å². The van der Waals surface area contributed by atoms with Gasteiger partial charge in [0.15, 0.2) is 0 Å². The van der Waals surface area contributed by atoms with Gasteiger partial charge in [0.25, 0.3) is 0 Å². The van der Waals surface area contributed by atoms with Gasteiger partial charge < -0.3 is 5.11 Å². The highest BCUT2D eigenvalue weighted by atomic mass is 79.9. The monoisotopic (exact) mass is 302 g/mol. The number of aromatic carboxylic acids is 1. The molecule has 1 N–H and O–H groups in total. The van der Waals surface area contributed by atoms with E-state index in [2.05, 4.69) is 15.9 Å². The van der Waals surface area contributed by atoms with Crippen LogP contribution in [0.2, 0.25) is 5.02 Å². The number of halogens is 5. The van der Waals surface area contributed by atoms with Crippen LogP contribution in [-0.4, -0.2) is 11.1 Å². The normalized spacial score (nSPS) is 11.5. The van der Waals surface area contributed by atoms with Crippen molar-refractivity contribution in [2.75, 3.05) is 0 Å². The molecule has 82 valence electrons. The second kappa shape index (κ2) is 4.02. The topological polar surface area (TPSA) is 37.3 Å². The van der Waals surface area contributed by atoms with E-state index in [9.17, 15) is 18.0 Å². The summed E-state index contributed by atoms with van der Waals surface area (Å²) in [5, 5.41) is 7.84. The average molecular weight is 303 g/mol. The molecule has 1 rings (SSSR count). The molecular formula is C8H3BrClF3O2. The molecule has 0 aliphatic rings. The van der Waals surface area contributed by atoms with Gasteiger partial charge >= 0.3 is 12.1 Å². The quantitative estimate of drug-likeness (QED) is 0.856. The second-order valence-corrected chi connectivity index (χ2v) is 3.82. The first kappa shape index (κ1) is 12.3. The molecule has 0 unspecified atom stereocenters. The summed E-state index contributed by atoms with van der Waals surface area (Å²) in [4.78, 5) is 10.6. The zero-order valence-electron chi connectivity index (χ0n) is 6.90. The van der Waals surface area contributed by atoms with E-state index < -0.39 is 28.3 Å². The molecule has 0 radical (unpaired) electrons. The molecule has 2 nitrogen and oxygen atoms in total. The summed E-state index contributed by atoms with van der Waals surface area (Å²) in [6.07, 6.45) is -4.66. The maximum atomic E-state index is 12.3. The van der Waals surface area contributed by atoms with E-state index in [-0.39, 0.29) is 4.47 Å². The van der Waals surface area contributed by atoms with E-state index in [1.54, 1.807) is 0 Å². The highest BCUT2D eigenvalue weighted by Crippen LogP contribution is 2.38. The average Bonchev–Trinajstić information content (AvgIpc) is 2.00. The molecule has 0 saturated heterocycles. The molecule has 0 heterocycles. The lowest BCUT2D eigenvalue weighted by molar-refractivity contribution is -0.137. The van der Waals surface area contributed by atoms with E-state index in [1.165, 1.54) is 0 Å². The first-order chi connectivity index (χ1) is 6.75. The third kappa shape index (κ3) is 2.43. The van der Waals surface area contributed by atoms with Crippen LogP contribution < -0.4 is 0 Å². The highest BCUT2D eigenvalue weighted by molar-refractivity contribution is 9.10. The standard InChI is InChI=1S/C8H3BrClF3O2/c9-4-2-1-3(8(11,12)13)6(10)5(4)7(14)15/h1-2H,(H,14,15). The minimum Gasteiger partial charge on any atom is -0.478 e. The van der Waals surface area contributed by atoms with E-state index in [1.807, 2.05) is 0 Å². The highest BCUT2D eigenvalue weighted by Gasteiger charge is 2.35. The smallest absolute Gasteiger partial charge is 0.417 e. The maximum absolute atomic E-state index is 12.3. The van der Waals surface area contributed by atoms with Gasteiger partial charge in [-0.25, -0.2) is 4.79 Å². The SMILES string of the molecule is O=C(O)c1c(Br)ccc(C(F)(F)F)c1Cl. The Morgan fingerprint density at radius 2 is 1.93 bits per heavy atom. The number of carboxylic acids is 1. The van der Waals surface area contributed by atoms with E-state index in [4.69, 9.17) is 16.7 Å². The Kier molecular flexibility index (Phi) is 3.30. The van der Waals surface area contributed by atoms with Crippen molar-refractivity contribution in [3.05, 3.63) is 32.8 Å². The van der Waals surface area contributed by atoms with Gasteiger partial charge in [-0.15, -0.1) is 0 Å². The molecule has 0 atom stereocenters. The summed E-state index contributed by atoms with van der Waals surface area (Å²) < 4.78 is 37.0. The Morgan fingerprint density at radius 1 is 1.40 bits per heavy atom. The lowest BCUT2D eigenvalue weighted by Gasteiger charge is -2.11. The van der Waals surface area contributed by atoms with Crippen LogP contribution in [-0.2, 0) is 6.18 Å². The lowest BCUT2D eigenvalue weighted by Crippen LogP contribution is -2.09. The number of carboxylic acid groups (broad SMARTS) is 1. The molecule has 0 fully saturated rings. The lowest BCUT2D eigenvalue weighted by atomic mass is 10.1. The van der Waals surface area contributed by atoms with Crippen LogP contribution >= 0.6 is 27.5 Å². The second-order valence-electron chi connectivity index (χ2n) is 2.59. The number of benzene rings is 1. The van der Waals surface area contributed by atoms with Gasteiger partial charge in [0.2, 0.25) is 0 Å². The molecule has 0 spiro atoms. The van der Waals surface area contributed by atoms with Gasteiger partial charge in [-0.3, -0.25) is 0 Å². The molecule has 0 amide bonds. The molecule has 0 aromatic heterocycles. The molecule has 0 bridgehead atoms. The molecule has 0 saturated carbocycles. The van der Waals surface area contributed by atoms with Crippen LogP contribution in [0.1, 0.15) is 15.9 Å². The van der Waals surface area contributed by atoms with Crippen LogP contribution in [0.15, 0.2) is 16.6 Å². The van der Waals surface area contributed by atoms with Gasteiger partial charge in [0.1, 0.15) is 0 Å². The van der Waals surface area contributed by atoms with Crippen molar-refractivity contribution < 1.29 is 23.1 Å². The number of alkyl halides is 3. The third-order valence-corrected chi connectivity index (χ3v) is 2.66. The Hall–Kier alpha value is -0.750. The number of hydrogen-bond acceptors (Lipinski definition) is 1. The van der Waals surface area contributed by atoms with Crippen molar-refractivity contribution in [1.29, 1.82) is 0 Å². The van der Waals surface area contributed by atoms with Crippen molar-refractivity contribution in [2.24, 2.45) is 0 Å². The largest absolute Gasteiger partial charge is 0.478 e. The maximum Gasteiger partial charge on any atom is 0.417 e. The summed E-state index contributed by atoms with van der Waals surface area (Å²) in [5.41, 5.74) is -1.75. The van der Waals surface area contributed by atoms with Gasteiger partial charge in [0.05, 0.1) is 16.1 Å². The first-order valence-electron chi connectivity index (χ1n) is 3.53. The fraction of sp³-hybridized carbons (Fsp3) is 0.125. The molecule has 0 aliphatic heterocycles. The van der Waals surface area contributed by atoms with Crippen LogP contribution in [0.5, 0.6) is 0 Å². The van der Waals surface area contributed by atoms with Crippen molar-refractivity contribution in [3.8, 4) is 0 Å². The molecule has 7 heteroatoms. The number of carbonyl (C=O) groups is 1. The van der Waals surface area contributed by atoms with Crippen LogP contribution in [0.4, 0.5) is 13.2 Å². The predicted molar refractivity (Wildman–Crippen MR) is 51.1 cm³/mol. The van der Waals surface area contributed by atoms with Gasteiger partial charge in [-0.2, -0.15) is 13.2 Å². The summed E-state index contributed by atoms with van der Waals surface area (Å²) >= 11 is 8.18. The summed E-state index contributed by atoms with van der Waals surface area (Å²) in [6.45, 7) is 0. The van der Waals surface area contributed by atoms with Crippen molar-refractivity contribution in [1.82, 2.24) is 0 Å². The minimum absolute atomic E-state index is 0.00741. The fourth-order valence-electron chi connectivity index (χ4n) is 0.967. The first-order valence-corrected chi connectivity index (χ1v) is 4.70. The van der Waals surface area contributed by atoms with Crippen molar-refractivity contribution >= 4 is 33.5 Å². The van der Waals surface area contributed by atoms with E-state index >= 15 is 0 Å². The van der Waals surface area contributed by atoms with Gasteiger partial charge in [-0.05, 0) is 28.1 Å². The summed E-state index contributed by atoms with van der Waals surface area (Å²) in [7, 11) is 0. The Bertz CT molecular complexity index is 417. The van der Waals surface area contributed by atoms with Crippen molar-refractivity contribution in [3.63, 3.8) is 0 Å². The molecular weight excluding hydrogens is 300 g/mol. The molecule has 1 aromatic rings. The van der Waals surface area contributed by atoms with Crippen LogP contribution in [0.25, 0.3) is 0 Å². The number of hydrogen-bond donors (Lipinski definition) is 1. The molecule has 1 aromatic carbocycles. The van der Waals surface area contributed by atoms with Crippen LogP contribution in [0.3, 0.4) is 0 Å². The van der Waals surface area contributed by atoms with Gasteiger partial charge in [0, 0.05) is 4.47 Å². The predicted octanol–water partition coefficient (Wildman–Crippen LogP) is 3.82. The summed E-state index contributed by atoms with van der Waals surface area (Å²) in [6, 6.07) is 1.72. The zero-order valence-corrected chi connectivity index (χ0v) is 9.24. The Morgan fingerprint density at radius 3 is 2.33 bits per heavy atom. The number of rotatable bonds is 1. The van der Waals surface area contributed by atoms with E-state index in [0.29, 0.717) is 0 Å². The zero-order chi connectivity index (χ0) is 11.8. The molecule has 15 heavy (non-hydrogen) atoms. The van der Waals surface area contributed by atoms with Gasteiger partial charge in [-0.1, -0.05) is 11.6 Å². The van der Waals surface area contributed by atoms with Crippen LogP contribution in [0, 0.1) is 0 Å². The molecule has 0 aliphatic carbocycles. The Balaban J connectivity index is 3.49. The Labute approximate surface area is 95.8 Å². The fourth-order valence-corrected chi connectivity index (χ4v) is 1.93. The van der Waals surface area contributed by atoms with Crippen molar-refractivity contribution in [2.45, 2.75) is 6.18 Å². The summed E-state index contributed by atoms with van der Waals surface area (Å²) in [5.74, 6) is -1.52. The minimum atomic E-state index is -4.66.